The average molecular weight is 387 g/mol. The molecule has 0 spiro atoms. The third-order valence-electron chi connectivity index (χ3n) is 2.87. The molecule has 0 saturated carbocycles. The number of thioether (sulfide) groups is 1. The molecule has 0 fully saturated rings. The van der Waals surface area contributed by atoms with Crippen molar-refractivity contribution in [2.24, 2.45) is 0 Å². The van der Waals surface area contributed by atoms with E-state index in [-0.39, 0.29) is 0 Å². The highest BCUT2D eigenvalue weighted by Gasteiger charge is 2.14. The Bertz CT molecular complexity index is 634. The van der Waals surface area contributed by atoms with Gasteiger partial charge in [0.1, 0.15) is 11.6 Å². The monoisotopic (exact) mass is 385 g/mol. The van der Waals surface area contributed by atoms with Gasteiger partial charge in [0.25, 0.3) is 0 Å². The number of hydrogen-bond acceptors (Lipinski definition) is 4. The lowest BCUT2D eigenvalue weighted by atomic mass is 10.1. The largest absolute Gasteiger partial charge is 0.372 e. The Hall–Kier alpha value is -0.780. The summed E-state index contributed by atoms with van der Waals surface area (Å²) in [5, 5.41) is 3.86. The predicted octanol–water partition coefficient (Wildman–Crippen LogP) is 5.35. The van der Waals surface area contributed by atoms with Crippen LogP contribution in [0.3, 0.4) is 0 Å². The first-order valence-corrected chi connectivity index (χ1v) is 8.79. The van der Waals surface area contributed by atoms with Crippen LogP contribution < -0.4 is 5.32 Å². The lowest BCUT2D eigenvalue weighted by Crippen LogP contribution is -2.06. The summed E-state index contributed by atoms with van der Waals surface area (Å²) in [5.74, 6) is 2.69. The number of nitrogens with one attached hydrogen (secondary N) is 1. The first kappa shape index (κ1) is 16.6. The minimum absolute atomic E-state index is 0.337. The van der Waals surface area contributed by atoms with Gasteiger partial charge in [0.2, 0.25) is 0 Å². The fraction of sp³-hybridized carbons (Fsp3) is 0.333. The van der Waals surface area contributed by atoms with Crippen LogP contribution in [-0.4, -0.2) is 17.0 Å². The van der Waals surface area contributed by atoms with Crippen LogP contribution in [0.4, 0.5) is 5.82 Å². The highest BCUT2D eigenvalue weighted by Crippen LogP contribution is 2.30. The molecule has 0 amide bonds. The van der Waals surface area contributed by atoms with Crippen molar-refractivity contribution in [2.75, 3.05) is 12.4 Å². The van der Waals surface area contributed by atoms with E-state index < -0.39 is 0 Å². The number of anilines is 1. The van der Waals surface area contributed by atoms with Crippen LogP contribution in [0.1, 0.15) is 31.3 Å². The molecule has 0 saturated heterocycles. The van der Waals surface area contributed by atoms with Crippen LogP contribution >= 0.6 is 39.3 Å². The molecule has 0 atom stereocenters. The summed E-state index contributed by atoms with van der Waals surface area (Å²) in [6, 6.07) is 7.81. The number of rotatable bonds is 5. The highest BCUT2D eigenvalue weighted by atomic mass is 79.9. The molecule has 0 radical (unpaired) electrons. The molecule has 0 aliphatic rings. The van der Waals surface area contributed by atoms with Crippen LogP contribution in [0.15, 0.2) is 33.6 Å². The normalized spacial score (nSPS) is 11.0. The van der Waals surface area contributed by atoms with Gasteiger partial charge in [0.05, 0.1) is 15.9 Å². The van der Waals surface area contributed by atoms with Gasteiger partial charge in [-0.1, -0.05) is 31.5 Å². The lowest BCUT2D eigenvalue weighted by molar-refractivity contribution is 0.793. The first-order valence-electron chi connectivity index (χ1n) is 6.63. The van der Waals surface area contributed by atoms with Gasteiger partial charge in [-0.2, -0.15) is 0 Å². The molecule has 1 aromatic carbocycles. The third kappa shape index (κ3) is 4.34. The van der Waals surface area contributed by atoms with Crippen LogP contribution in [0.2, 0.25) is 5.02 Å². The van der Waals surface area contributed by atoms with Crippen molar-refractivity contribution in [1.29, 1.82) is 0 Å². The molecule has 0 unspecified atom stereocenters. The van der Waals surface area contributed by atoms with E-state index in [0.29, 0.717) is 11.7 Å². The van der Waals surface area contributed by atoms with E-state index in [9.17, 15) is 0 Å². The van der Waals surface area contributed by atoms with Crippen molar-refractivity contribution in [3.63, 3.8) is 0 Å². The van der Waals surface area contributed by atoms with Crippen molar-refractivity contribution in [2.45, 2.75) is 30.4 Å². The van der Waals surface area contributed by atoms with Crippen LogP contribution in [0, 0.1) is 0 Å². The van der Waals surface area contributed by atoms with Gasteiger partial charge in [-0.15, -0.1) is 11.8 Å². The zero-order valence-corrected chi connectivity index (χ0v) is 15.3. The Labute approximate surface area is 143 Å². The fourth-order valence-electron chi connectivity index (χ4n) is 1.83. The molecular weight excluding hydrogens is 370 g/mol. The van der Waals surface area contributed by atoms with E-state index in [1.54, 1.807) is 11.8 Å². The Morgan fingerprint density at radius 3 is 2.71 bits per heavy atom. The number of halogens is 2. The second kappa shape index (κ2) is 7.47. The molecule has 3 nitrogen and oxygen atoms in total. The summed E-state index contributed by atoms with van der Waals surface area (Å²) in [7, 11) is 1.87. The Morgan fingerprint density at radius 1 is 1.33 bits per heavy atom. The molecule has 6 heteroatoms. The minimum atomic E-state index is 0.337. The second-order valence-corrected chi connectivity index (χ2v) is 7.12. The van der Waals surface area contributed by atoms with Crippen molar-refractivity contribution in [3.8, 4) is 0 Å². The van der Waals surface area contributed by atoms with Gasteiger partial charge in [0, 0.05) is 17.0 Å². The van der Waals surface area contributed by atoms with Gasteiger partial charge < -0.3 is 5.32 Å². The Balaban J connectivity index is 2.22. The maximum Gasteiger partial charge on any atom is 0.144 e. The Morgan fingerprint density at radius 2 is 2.10 bits per heavy atom. The van der Waals surface area contributed by atoms with Crippen LogP contribution in [0.25, 0.3) is 0 Å². The van der Waals surface area contributed by atoms with Crippen LogP contribution in [-0.2, 0) is 5.75 Å². The molecule has 0 aliphatic heterocycles. The number of nitrogens with zero attached hydrogens (tertiary/aromatic N) is 2. The van der Waals surface area contributed by atoms with Gasteiger partial charge in [0.15, 0.2) is 0 Å². The zero-order valence-electron chi connectivity index (χ0n) is 12.2. The summed E-state index contributed by atoms with van der Waals surface area (Å²) < 4.78 is 0.941. The predicted molar refractivity (Wildman–Crippen MR) is 94.4 cm³/mol. The maximum absolute atomic E-state index is 6.00. The molecule has 112 valence electrons. The topological polar surface area (TPSA) is 37.8 Å². The van der Waals surface area contributed by atoms with Crippen molar-refractivity contribution < 1.29 is 0 Å². The quantitative estimate of drug-likeness (QED) is 0.703. The summed E-state index contributed by atoms with van der Waals surface area (Å²) in [4.78, 5) is 10.3. The van der Waals surface area contributed by atoms with Gasteiger partial charge in [-0.05, 0) is 40.0 Å². The van der Waals surface area contributed by atoms with E-state index in [2.05, 4.69) is 45.1 Å². The molecular formula is C15H17BrClN3S. The van der Waals surface area contributed by atoms with Gasteiger partial charge in [-0.3, -0.25) is 0 Å². The fourth-order valence-corrected chi connectivity index (χ4v) is 3.73. The van der Waals surface area contributed by atoms with Crippen molar-refractivity contribution in [1.82, 2.24) is 9.97 Å². The SMILES string of the molecule is CNc1nc(CSc2cccc(Cl)c2)nc(C(C)C)c1Br. The number of hydrogen-bond donors (Lipinski definition) is 1. The lowest BCUT2D eigenvalue weighted by Gasteiger charge is -2.13. The van der Waals surface area contributed by atoms with Crippen molar-refractivity contribution >= 4 is 45.1 Å². The third-order valence-corrected chi connectivity index (χ3v) is 4.88. The zero-order chi connectivity index (χ0) is 15.4. The molecule has 1 aromatic heterocycles. The summed E-state index contributed by atoms with van der Waals surface area (Å²) in [6.45, 7) is 4.25. The van der Waals surface area contributed by atoms with E-state index in [1.807, 2.05) is 31.3 Å². The van der Waals surface area contributed by atoms with E-state index in [0.717, 1.165) is 31.7 Å². The maximum atomic E-state index is 6.00. The summed E-state index contributed by atoms with van der Waals surface area (Å²) >= 11 is 11.3. The van der Waals surface area contributed by atoms with E-state index in [1.165, 1.54) is 0 Å². The Kier molecular flexibility index (Phi) is 5.90. The molecule has 2 aromatic rings. The molecule has 21 heavy (non-hydrogen) atoms. The second-order valence-electron chi connectivity index (χ2n) is 4.84. The minimum Gasteiger partial charge on any atom is -0.372 e. The first-order chi connectivity index (χ1) is 10.0. The average Bonchev–Trinajstić information content (AvgIpc) is 2.46. The highest BCUT2D eigenvalue weighted by molar-refractivity contribution is 9.10. The number of benzene rings is 1. The van der Waals surface area contributed by atoms with Gasteiger partial charge in [-0.25, -0.2) is 9.97 Å². The summed E-state index contributed by atoms with van der Waals surface area (Å²) in [5.41, 5.74) is 1.02. The molecule has 2 rings (SSSR count). The van der Waals surface area contributed by atoms with Crippen LogP contribution in [0.5, 0.6) is 0 Å². The van der Waals surface area contributed by atoms with Crippen molar-refractivity contribution in [3.05, 3.63) is 45.3 Å². The standard InChI is InChI=1S/C15H17BrClN3S/c1-9(2)14-13(16)15(18-3)20-12(19-14)8-21-11-6-4-5-10(17)7-11/h4-7,9H,8H2,1-3H3,(H,18,19,20). The molecule has 1 heterocycles. The molecule has 1 N–H and O–H groups in total. The molecule has 0 bridgehead atoms. The molecule has 0 aliphatic carbocycles. The summed E-state index contributed by atoms with van der Waals surface area (Å²) in [6.07, 6.45) is 0. The number of aromatic nitrogens is 2. The smallest absolute Gasteiger partial charge is 0.144 e. The van der Waals surface area contributed by atoms with E-state index >= 15 is 0 Å². The van der Waals surface area contributed by atoms with Gasteiger partial charge >= 0.3 is 0 Å². The van der Waals surface area contributed by atoms with E-state index in [4.69, 9.17) is 11.6 Å².